The first kappa shape index (κ1) is 16.6. The van der Waals surface area contributed by atoms with Gasteiger partial charge in [0.1, 0.15) is 5.69 Å². The number of aromatic nitrogens is 3. The third-order valence-corrected chi connectivity index (χ3v) is 5.05. The molecule has 4 rings (SSSR count). The molecule has 1 aliphatic carbocycles. The lowest BCUT2D eigenvalue weighted by Gasteiger charge is -2.11. The molecular formula is C20H22N4O2. The van der Waals surface area contributed by atoms with Gasteiger partial charge in [0, 0.05) is 30.2 Å². The van der Waals surface area contributed by atoms with Crippen molar-refractivity contribution in [2.45, 2.75) is 39.2 Å². The predicted molar refractivity (Wildman–Crippen MR) is 100 cm³/mol. The Kier molecular flexibility index (Phi) is 4.11. The Hall–Kier alpha value is -2.89. The fourth-order valence-corrected chi connectivity index (χ4v) is 3.72. The van der Waals surface area contributed by atoms with Crippen molar-refractivity contribution < 1.29 is 4.79 Å². The van der Waals surface area contributed by atoms with E-state index in [4.69, 9.17) is 0 Å². The number of carbonyl (C=O) groups is 1. The highest BCUT2D eigenvalue weighted by molar-refractivity contribution is 5.94. The van der Waals surface area contributed by atoms with E-state index in [2.05, 4.69) is 15.4 Å². The van der Waals surface area contributed by atoms with E-state index < -0.39 is 0 Å². The summed E-state index contributed by atoms with van der Waals surface area (Å²) in [5.74, 6) is -0.174. The molecule has 0 bridgehead atoms. The fraction of sp³-hybridized carbons (Fsp3) is 0.350. The molecule has 6 nitrogen and oxygen atoms in total. The number of benzene rings is 1. The number of nitrogens with one attached hydrogen (secondary N) is 2. The second-order valence-corrected chi connectivity index (χ2v) is 7.00. The standard InChI is InChI=1S/C20H22N4O2/c1-12-7-8-13-10-14(19(25)22-17(13)9-12)11-21-20(26)18-15-5-3-4-6-16(15)23-24(18)2/h7-10H,3-6,11H2,1-2H3,(H,21,26)(H,22,25). The monoisotopic (exact) mass is 350 g/mol. The number of aromatic amines is 1. The number of amides is 1. The second kappa shape index (κ2) is 6.44. The molecule has 2 N–H and O–H groups in total. The highest BCUT2D eigenvalue weighted by atomic mass is 16.2. The van der Waals surface area contributed by atoms with Crippen molar-refractivity contribution in [3.63, 3.8) is 0 Å². The number of carbonyl (C=O) groups excluding carboxylic acids is 1. The zero-order chi connectivity index (χ0) is 18.3. The number of rotatable bonds is 3. The molecule has 3 aromatic rings. The number of nitrogens with zero attached hydrogens (tertiary/aromatic N) is 2. The zero-order valence-corrected chi connectivity index (χ0v) is 15.1. The summed E-state index contributed by atoms with van der Waals surface area (Å²) in [4.78, 5) is 27.9. The topological polar surface area (TPSA) is 79.8 Å². The number of pyridine rings is 1. The van der Waals surface area contributed by atoms with Crippen LogP contribution < -0.4 is 10.9 Å². The summed E-state index contributed by atoms with van der Waals surface area (Å²) < 4.78 is 1.67. The molecule has 6 heteroatoms. The SMILES string of the molecule is Cc1ccc2cc(CNC(=O)c3c4c(nn3C)CCCC4)c(=O)[nH]c2c1. The summed E-state index contributed by atoms with van der Waals surface area (Å²) in [7, 11) is 1.80. The summed E-state index contributed by atoms with van der Waals surface area (Å²) in [6, 6.07) is 7.77. The van der Waals surface area contributed by atoms with Crippen LogP contribution in [0.5, 0.6) is 0 Å². The minimum atomic E-state index is -0.174. The molecular weight excluding hydrogens is 328 g/mol. The van der Waals surface area contributed by atoms with E-state index in [1.165, 1.54) is 0 Å². The first-order valence-electron chi connectivity index (χ1n) is 8.98. The molecule has 2 aromatic heterocycles. The summed E-state index contributed by atoms with van der Waals surface area (Å²) in [5, 5.41) is 8.33. The first-order chi connectivity index (χ1) is 12.5. The van der Waals surface area contributed by atoms with Crippen LogP contribution in [-0.2, 0) is 26.4 Å². The Morgan fingerprint density at radius 2 is 2.08 bits per heavy atom. The van der Waals surface area contributed by atoms with Crippen molar-refractivity contribution >= 4 is 16.8 Å². The van der Waals surface area contributed by atoms with E-state index in [1.54, 1.807) is 11.7 Å². The average molecular weight is 350 g/mol. The zero-order valence-electron chi connectivity index (χ0n) is 15.1. The Morgan fingerprint density at radius 1 is 1.27 bits per heavy atom. The van der Waals surface area contributed by atoms with Gasteiger partial charge >= 0.3 is 0 Å². The van der Waals surface area contributed by atoms with Crippen LogP contribution in [0.4, 0.5) is 0 Å². The molecule has 134 valence electrons. The van der Waals surface area contributed by atoms with Crippen LogP contribution in [0.25, 0.3) is 10.9 Å². The number of fused-ring (bicyclic) bond motifs is 2. The van der Waals surface area contributed by atoms with Gasteiger partial charge in [-0.2, -0.15) is 5.10 Å². The number of aryl methyl sites for hydroxylation is 3. The summed E-state index contributed by atoms with van der Waals surface area (Å²) >= 11 is 0. The molecule has 0 radical (unpaired) electrons. The average Bonchev–Trinajstić information content (AvgIpc) is 2.95. The number of H-pyrrole nitrogens is 1. The Morgan fingerprint density at radius 3 is 2.92 bits per heavy atom. The van der Waals surface area contributed by atoms with Gasteiger partial charge in [0.15, 0.2) is 0 Å². The van der Waals surface area contributed by atoms with Crippen molar-refractivity contribution in [1.29, 1.82) is 0 Å². The molecule has 0 saturated carbocycles. The van der Waals surface area contributed by atoms with Gasteiger partial charge in [-0.1, -0.05) is 12.1 Å². The van der Waals surface area contributed by atoms with Crippen LogP contribution in [0.2, 0.25) is 0 Å². The number of hydrogen-bond donors (Lipinski definition) is 2. The fourth-order valence-electron chi connectivity index (χ4n) is 3.72. The Labute approximate surface area is 151 Å². The van der Waals surface area contributed by atoms with Gasteiger partial charge in [0.25, 0.3) is 11.5 Å². The van der Waals surface area contributed by atoms with E-state index in [0.29, 0.717) is 11.3 Å². The minimum Gasteiger partial charge on any atom is -0.346 e. The van der Waals surface area contributed by atoms with Crippen LogP contribution in [0.15, 0.2) is 29.1 Å². The van der Waals surface area contributed by atoms with Gasteiger partial charge in [-0.15, -0.1) is 0 Å². The molecule has 1 amide bonds. The number of hydrogen-bond acceptors (Lipinski definition) is 3. The molecule has 0 fully saturated rings. The maximum Gasteiger partial charge on any atom is 0.270 e. The van der Waals surface area contributed by atoms with Crippen LogP contribution in [0.3, 0.4) is 0 Å². The van der Waals surface area contributed by atoms with Crippen LogP contribution in [-0.4, -0.2) is 20.7 Å². The van der Waals surface area contributed by atoms with Crippen molar-refractivity contribution in [2.75, 3.05) is 0 Å². The van der Waals surface area contributed by atoms with E-state index in [1.807, 2.05) is 31.2 Å². The molecule has 1 aromatic carbocycles. The molecule has 1 aliphatic rings. The molecule has 0 atom stereocenters. The molecule has 2 heterocycles. The van der Waals surface area contributed by atoms with Gasteiger partial charge in [0.05, 0.1) is 5.69 Å². The van der Waals surface area contributed by atoms with Gasteiger partial charge in [0.2, 0.25) is 0 Å². The highest BCUT2D eigenvalue weighted by Crippen LogP contribution is 2.23. The van der Waals surface area contributed by atoms with Gasteiger partial charge in [-0.25, -0.2) is 0 Å². The maximum atomic E-state index is 12.7. The second-order valence-electron chi connectivity index (χ2n) is 7.00. The van der Waals surface area contributed by atoms with E-state index in [-0.39, 0.29) is 18.0 Å². The minimum absolute atomic E-state index is 0.171. The Balaban J connectivity index is 1.58. The van der Waals surface area contributed by atoms with Crippen molar-refractivity contribution in [3.05, 3.63) is 62.7 Å². The lowest BCUT2D eigenvalue weighted by molar-refractivity contribution is 0.0940. The summed E-state index contributed by atoms with van der Waals surface area (Å²) in [6.45, 7) is 2.18. The van der Waals surface area contributed by atoms with Crippen molar-refractivity contribution in [2.24, 2.45) is 7.05 Å². The van der Waals surface area contributed by atoms with E-state index in [9.17, 15) is 9.59 Å². The van der Waals surface area contributed by atoms with E-state index >= 15 is 0 Å². The van der Waals surface area contributed by atoms with Gasteiger partial charge in [-0.3, -0.25) is 14.3 Å². The van der Waals surface area contributed by atoms with Gasteiger partial charge < -0.3 is 10.3 Å². The van der Waals surface area contributed by atoms with Crippen molar-refractivity contribution in [1.82, 2.24) is 20.1 Å². The molecule has 0 unspecified atom stereocenters. The molecule has 0 aliphatic heterocycles. The molecule has 26 heavy (non-hydrogen) atoms. The first-order valence-corrected chi connectivity index (χ1v) is 8.98. The largest absolute Gasteiger partial charge is 0.346 e. The van der Waals surface area contributed by atoms with Crippen LogP contribution in [0.1, 0.15) is 45.7 Å². The van der Waals surface area contributed by atoms with Gasteiger partial charge in [-0.05, 0) is 55.7 Å². The summed E-state index contributed by atoms with van der Waals surface area (Å²) in [6.07, 6.45) is 4.03. The van der Waals surface area contributed by atoms with E-state index in [0.717, 1.165) is 53.4 Å². The maximum absolute atomic E-state index is 12.7. The predicted octanol–water partition coefficient (Wildman–Crippen LogP) is 2.38. The Bertz CT molecular complexity index is 1060. The van der Waals surface area contributed by atoms with Crippen LogP contribution >= 0.6 is 0 Å². The summed E-state index contributed by atoms with van der Waals surface area (Å²) in [5.41, 5.74) is 4.98. The van der Waals surface area contributed by atoms with Crippen molar-refractivity contribution in [3.8, 4) is 0 Å². The van der Waals surface area contributed by atoms with Crippen LogP contribution in [0, 0.1) is 6.92 Å². The normalized spacial score (nSPS) is 13.6. The smallest absolute Gasteiger partial charge is 0.270 e. The third kappa shape index (κ3) is 2.92. The molecule has 0 saturated heterocycles. The third-order valence-electron chi connectivity index (χ3n) is 5.05. The quantitative estimate of drug-likeness (QED) is 0.761. The highest BCUT2D eigenvalue weighted by Gasteiger charge is 2.23. The molecule has 0 spiro atoms. The lowest BCUT2D eigenvalue weighted by atomic mass is 9.95. The lowest BCUT2D eigenvalue weighted by Crippen LogP contribution is -2.29.